The van der Waals surface area contributed by atoms with E-state index in [4.69, 9.17) is 4.74 Å². The van der Waals surface area contributed by atoms with E-state index in [1.807, 2.05) is 11.0 Å². The molecule has 1 atom stereocenters. The molecule has 2 fully saturated rings. The molecule has 0 saturated carbocycles. The molecule has 1 aromatic carbocycles. The van der Waals surface area contributed by atoms with Crippen molar-refractivity contribution in [1.82, 2.24) is 10.2 Å². The van der Waals surface area contributed by atoms with E-state index in [2.05, 4.69) is 5.32 Å². The van der Waals surface area contributed by atoms with Crippen molar-refractivity contribution in [1.29, 1.82) is 0 Å². The Kier molecular flexibility index (Phi) is 6.66. The summed E-state index contributed by atoms with van der Waals surface area (Å²) >= 11 is 0. The van der Waals surface area contributed by atoms with Crippen molar-refractivity contribution in [2.75, 3.05) is 51.3 Å². The third-order valence-corrected chi connectivity index (χ3v) is 5.53. The second-order valence-corrected chi connectivity index (χ2v) is 7.39. The van der Waals surface area contributed by atoms with Crippen LogP contribution in [0.2, 0.25) is 0 Å². The van der Waals surface area contributed by atoms with E-state index in [-0.39, 0.29) is 30.2 Å². The molecule has 2 aliphatic heterocycles. The SMILES string of the molecule is COCC(=O)N1CCC(C(=O)NCC2CCN(c3ccccc3F)C2)CC1. The lowest BCUT2D eigenvalue weighted by Crippen LogP contribution is -2.44. The van der Waals surface area contributed by atoms with E-state index in [0.29, 0.717) is 44.1 Å². The van der Waals surface area contributed by atoms with E-state index in [1.165, 1.54) is 13.2 Å². The predicted molar refractivity (Wildman–Crippen MR) is 101 cm³/mol. The number of nitrogens with zero attached hydrogens (tertiary/aromatic N) is 2. The van der Waals surface area contributed by atoms with Gasteiger partial charge in [-0.05, 0) is 37.3 Å². The first kappa shape index (κ1) is 19.6. The number of hydrogen-bond donors (Lipinski definition) is 1. The first-order valence-corrected chi connectivity index (χ1v) is 9.62. The zero-order chi connectivity index (χ0) is 19.2. The van der Waals surface area contributed by atoms with Crippen molar-refractivity contribution in [2.24, 2.45) is 11.8 Å². The molecule has 6 nitrogen and oxygen atoms in total. The quantitative estimate of drug-likeness (QED) is 0.819. The second kappa shape index (κ2) is 9.17. The van der Waals surface area contributed by atoms with Crippen LogP contribution in [0.15, 0.2) is 24.3 Å². The van der Waals surface area contributed by atoms with Gasteiger partial charge in [-0.1, -0.05) is 12.1 Å². The molecule has 27 heavy (non-hydrogen) atoms. The van der Waals surface area contributed by atoms with E-state index in [0.717, 1.165) is 19.5 Å². The number of anilines is 1. The fourth-order valence-corrected chi connectivity index (χ4v) is 3.92. The van der Waals surface area contributed by atoms with Gasteiger partial charge in [0.1, 0.15) is 12.4 Å². The van der Waals surface area contributed by atoms with Gasteiger partial charge in [0.05, 0.1) is 5.69 Å². The molecule has 2 amide bonds. The van der Waals surface area contributed by atoms with Crippen molar-refractivity contribution in [3.8, 4) is 0 Å². The third-order valence-electron chi connectivity index (χ3n) is 5.53. The molecule has 3 rings (SSSR count). The van der Waals surface area contributed by atoms with Gasteiger partial charge in [-0.25, -0.2) is 4.39 Å². The molecule has 0 bridgehead atoms. The Bertz CT molecular complexity index is 662. The molecule has 2 saturated heterocycles. The highest BCUT2D eigenvalue weighted by Crippen LogP contribution is 2.26. The molecule has 0 radical (unpaired) electrons. The lowest BCUT2D eigenvalue weighted by molar-refractivity contribution is -0.138. The maximum atomic E-state index is 13.9. The van der Waals surface area contributed by atoms with Crippen LogP contribution in [0.25, 0.3) is 0 Å². The maximum Gasteiger partial charge on any atom is 0.248 e. The zero-order valence-electron chi connectivity index (χ0n) is 15.8. The number of hydrogen-bond acceptors (Lipinski definition) is 4. The monoisotopic (exact) mass is 377 g/mol. The number of piperidine rings is 1. The van der Waals surface area contributed by atoms with Crippen LogP contribution < -0.4 is 10.2 Å². The van der Waals surface area contributed by atoms with Crippen LogP contribution in [-0.4, -0.2) is 63.2 Å². The standard InChI is InChI=1S/C20H28FN3O3/c1-27-14-19(25)23-10-7-16(8-11-23)20(26)22-12-15-6-9-24(13-15)18-5-3-2-4-17(18)21/h2-5,15-16H,6-14H2,1H3,(H,22,26). The van der Waals surface area contributed by atoms with Gasteiger partial charge in [-0.2, -0.15) is 0 Å². The Morgan fingerprint density at radius 1 is 1.19 bits per heavy atom. The fourth-order valence-electron chi connectivity index (χ4n) is 3.92. The molecule has 1 aromatic rings. The van der Waals surface area contributed by atoms with Crippen molar-refractivity contribution in [2.45, 2.75) is 19.3 Å². The smallest absolute Gasteiger partial charge is 0.248 e. The van der Waals surface area contributed by atoms with Crippen molar-refractivity contribution in [3.63, 3.8) is 0 Å². The Morgan fingerprint density at radius 3 is 2.63 bits per heavy atom. The molecule has 0 aliphatic carbocycles. The van der Waals surface area contributed by atoms with Gasteiger partial charge >= 0.3 is 0 Å². The number of amides is 2. The summed E-state index contributed by atoms with van der Waals surface area (Å²) in [7, 11) is 1.51. The number of para-hydroxylation sites is 1. The van der Waals surface area contributed by atoms with Crippen molar-refractivity contribution < 1.29 is 18.7 Å². The molecule has 148 valence electrons. The highest BCUT2D eigenvalue weighted by atomic mass is 19.1. The predicted octanol–water partition coefficient (Wildman–Crippen LogP) is 1.65. The van der Waals surface area contributed by atoms with Gasteiger partial charge in [0.25, 0.3) is 0 Å². The number of methoxy groups -OCH3 is 1. The Hall–Kier alpha value is -2.15. The average molecular weight is 377 g/mol. The highest BCUT2D eigenvalue weighted by molar-refractivity contribution is 5.80. The summed E-state index contributed by atoms with van der Waals surface area (Å²) in [5, 5.41) is 3.06. The molecule has 1 N–H and O–H groups in total. The van der Waals surface area contributed by atoms with E-state index in [9.17, 15) is 14.0 Å². The van der Waals surface area contributed by atoms with Crippen LogP contribution in [0.4, 0.5) is 10.1 Å². The van der Waals surface area contributed by atoms with E-state index >= 15 is 0 Å². The number of rotatable bonds is 6. The Labute approximate surface area is 159 Å². The summed E-state index contributed by atoms with van der Waals surface area (Å²) < 4.78 is 18.8. The Balaban J connectivity index is 1.40. The number of benzene rings is 1. The number of ether oxygens (including phenoxy) is 1. The molecule has 7 heteroatoms. The molecule has 2 heterocycles. The molecule has 2 aliphatic rings. The number of carbonyl (C=O) groups excluding carboxylic acids is 2. The topological polar surface area (TPSA) is 61.9 Å². The fraction of sp³-hybridized carbons (Fsp3) is 0.600. The van der Waals surface area contributed by atoms with Gasteiger partial charge in [0.2, 0.25) is 11.8 Å². The summed E-state index contributed by atoms with van der Waals surface area (Å²) in [5.74, 6) is 0.142. The van der Waals surface area contributed by atoms with E-state index < -0.39 is 0 Å². The molecular formula is C20H28FN3O3. The van der Waals surface area contributed by atoms with Gasteiger partial charge in [-0.3, -0.25) is 9.59 Å². The second-order valence-electron chi connectivity index (χ2n) is 7.39. The summed E-state index contributed by atoms with van der Waals surface area (Å²) in [6.45, 7) is 3.48. The summed E-state index contributed by atoms with van der Waals surface area (Å²) in [6.07, 6.45) is 2.32. The maximum absolute atomic E-state index is 13.9. The molecule has 0 spiro atoms. The minimum absolute atomic E-state index is 0.0180. The van der Waals surface area contributed by atoms with Gasteiger partial charge < -0.3 is 19.9 Å². The molecular weight excluding hydrogens is 349 g/mol. The van der Waals surface area contributed by atoms with Crippen LogP contribution >= 0.6 is 0 Å². The van der Waals surface area contributed by atoms with Crippen molar-refractivity contribution in [3.05, 3.63) is 30.1 Å². The number of halogens is 1. The first-order chi connectivity index (χ1) is 13.1. The van der Waals surface area contributed by atoms with E-state index in [1.54, 1.807) is 17.0 Å². The van der Waals surface area contributed by atoms with Crippen LogP contribution in [0.5, 0.6) is 0 Å². The lowest BCUT2D eigenvalue weighted by atomic mass is 9.95. The number of nitrogens with one attached hydrogen (secondary N) is 1. The summed E-state index contributed by atoms with van der Waals surface area (Å²) in [5.41, 5.74) is 0.638. The molecule has 1 unspecified atom stereocenters. The first-order valence-electron chi connectivity index (χ1n) is 9.62. The zero-order valence-corrected chi connectivity index (χ0v) is 15.8. The van der Waals surface area contributed by atoms with Crippen LogP contribution in [-0.2, 0) is 14.3 Å². The number of carbonyl (C=O) groups is 2. The van der Waals surface area contributed by atoms with Crippen LogP contribution in [0.1, 0.15) is 19.3 Å². The average Bonchev–Trinajstić information content (AvgIpc) is 3.15. The normalized spacial score (nSPS) is 20.7. The van der Waals surface area contributed by atoms with Crippen LogP contribution in [0.3, 0.4) is 0 Å². The van der Waals surface area contributed by atoms with Crippen LogP contribution in [0, 0.1) is 17.7 Å². The minimum atomic E-state index is -0.197. The Morgan fingerprint density at radius 2 is 1.93 bits per heavy atom. The largest absolute Gasteiger partial charge is 0.375 e. The van der Waals surface area contributed by atoms with Gasteiger partial charge in [-0.15, -0.1) is 0 Å². The van der Waals surface area contributed by atoms with Gasteiger partial charge in [0, 0.05) is 45.8 Å². The minimum Gasteiger partial charge on any atom is -0.375 e. The summed E-state index contributed by atoms with van der Waals surface area (Å²) in [4.78, 5) is 28.1. The molecule has 0 aromatic heterocycles. The summed E-state index contributed by atoms with van der Waals surface area (Å²) in [6, 6.07) is 6.82. The van der Waals surface area contributed by atoms with Gasteiger partial charge in [0.15, 0.2) is 0 Å². The lowest BCUT2D eigenvalue weighted by Gasteiger charge is -2.31. The number of likely N-dealkylation sites (tertiary alicyclic amines) is 1. The highest BCUT2D eigenvalue weighted by Gasteiger charge is 2.29. The van der Waals surface area contributed by atoms with Crippen molar-refractivity contribution >= 4 is 17.5 Å². The third kappa shape index (κ3) is 4.97.